The van der Waals surface area contributed by atoms with Crippen molar-refractivity contribution in [3.8, 4) is 0 Å². The van der Waals surface area contributed by atoms with Crippen LogP contribution in [0.25, 0.3) is 0 Å². The van der Waals surface area contributed by atoms with Gasteiger partial charge in [-0.2, -0.15) is 0 Å². The molecule has 0 saturated heterocycles. The van der Waals surface area contributed by atoms with E-state index in [2.05, 4.69) is 16.3 Å². The number of benzene rings is 1. The number of amides is 1. The molecule has 0 radical (unpaired) electrons. The molecule has 0 bridgehead atoms. The number of nitrogens with one attached hydrogen (secondary N) is 1. The van der Waals surface area contributed by atoms with Crippen LogP contribution in [0.3, 0.4) is 0 Å². The molecule has 0 aliphatic heterocycles. The Morgan fingerprint density at radius 1 is 1.29 bits per heavy atom. The molecule has 1 aliphatic carbocycles. The van der Waals surface area contributed by atoms with Crippen LogP contribution in [0, 0.1) is 5.41 Å². The van der Waals surface area contributed by atoms with Crippen LogP contribution in [-0.2, 0) is 11.3 Å². The van der Waals surface area contributed by atoms with E-state index in [0.29, 0.717) is 6.54 Å². The maximum absolute atomic E-state index is 12.7. The molecule has 0 aromatic heterocycles. The maximum atomic E-state index is 12.7. The highest BCUT2D eigenvalue weighted by Gasteiger charge is 2.38. The lowest BCUT2D eigenvalue weighted by Gasteiger charge is -2.34. The Labute approximate surface area is 127 Å². The Morgan fingerprint density at radius 2 is 2.00 bits per heavy atom. The normalized spacial score (nSPS) is 17.7. The predicted molar refractivity (Wildman–Crippen MR) is 87.0 cm³/mol. The number of hydrogen-bond donors (Lipinski definition) is 2. The van der Waals surface area contributed by atoms with Crippen LogP contribution in [0.5, 0.6) is 0 Å². The minimum Gasteiger partial charge on any atom is -0.329 e. The van der Waals surface area contributed by atoms with Gasteiger partial charge in [-0.3, -0.25) is 4.79 Å². The highest BCUT2D eigenvalue weighted by atomic mass is 16.2. The Balaban J connectivity index is 2.07. The third-order valence-electron chi connectivity index (χ3n) is 4.37. The van der Waals surface area contributed by atoms with Gasteiger partial charge in [-0.25, -0.2) is 0 Å². The average molecular weight is 289 g/mol. The van der Waals surface area contributed by atoms with Crippen molar-refractivity contribution in [2.24, 2.45) is 11.1 Å². The van der Waals surface area contributed by atoms with Crippen molar-refractivity contribution in [3.05, 3.63) is 29.8 Å². The molecular weight excluding hydrogens is 262 g/mol. The molecular formula is C17H27N3O. The molecule has 2 rings (SSSR count). The van der Waals surface area contributed by atoms with Crippen LogP contribution in [0.4, 0.5) is 5.69 Å². The largest absolute Gasteiger partial charge is 0.329 e. The summed E-state index contributed by atoms with van der Waals surface area (Å²) in [5.41, 5.74) is 7.63. The molecule has 21 heavy (non-hydrogen) atoms. The van der Waals surface area contributed by atoms with Gasteiger partial charge in [0, 0.05) is 18.8 Å². The van der Waals surface area contributed by atoms with E-state index in [1.807, 2.05) is 32.3 Å². The lowest BCUT2D eigenvalue weighted by molar-refractivity contribution is -0.126. The summed E-state index contributed by atoms with van der Waals surface area (Å²) in [5, 5.41) is 3.08. The van der Waals surface area contributed by atoms with E-state index >= 15 is 0 Å². The Hall–Kier alpha value is -1.39. The molecule has 4 nitrogen and oxygen atoms in total. The molecule has 0 unspecified atom stereocenters. The molecule has 1 saturated carbocycles. The zero-order valence-electron chi connectivity index (χ0n) is 13.2. The summed E-state index contributed by atoms with van der Waals surface area (Å²) in [6.07, 6.45) is 5.24. The van der Waals surface area contributed by atoms with Gasteiger partial charge < -0.3 is 16.0 Å². The van der Waals surface area contributed by atoms with Crippen molar-refractivity contribution in [1.82, 2.24) is 4.90 Å². The summed E-state index contributed by atoms with van der Waals surface area (Å²) in [7, 11) is 4.08. The second-order valence-electron chi connectivity index (χ2n) is 6.44. The SMILES string of the molecule is CN(C)Cc1cccc(NC(=O)C2(CN)CCCCC2)c1. The van der Waals surface area contributed by atoms with Gasteiger partial charge in [-0.1, -0.05) is 31.4 Å². The van der Waals surface area contributed by atoms with E-state index in [9.17, 15) is 4.79 Å². The quantitative estimate of drug-likeness (QED) is 0.876. The average Bonchev–Trinajstić information content (AvgIpc) is 2.47. The second-order valence-corrected chi connectivity index (χ2v) is 6.44. The van der Waals surface area contributed by atoms with Crippen molar-refractivity contribution in [2.75, 3.05) is 26.0 Å². The van der Waals surface area contributed by atoms with Gasteiger partial charge in [-0.05, 0) is 44.6 Å². The Bertz CT molecular complexity index is 479. The van der Waals surface area contributed by atoms with Crippen LogP contribution in [-0.4, -0.2) is 31.4 Å². The molecule has 0 atom stereocenters. The smallest absolute Gasteiger partial charge is 0.231 e. The van der Waals surface area contributed by atoms with Crippen LogP contribution in [0.2, 0.25) is 0 Å². The van der Waals surface area contributed by atoms with Gasteiger partial charge in [0.2, 0.25) is 5.91 Å². The van der Waals surface area contributed by atoms with Crippen molar-refractivity contribution in [1.29, 1.82) is 0 Å². The van der Waals surface area contributed by atoms with Gasteiger partial charge in [0.1, 0.15) is 0 Å². The lowest BCUT2D eigenvalue weighted by atomic mass is 9.73. The number of carbonyl (C=O) groups excluding carboxylic acids is 1. The number of nitrogens with zero attached hydrogens (tertiary/aromatic N) is 1. The molecule has 3 N–H and O–H groups in total. The number of carbonyl (C=O) groups is 1. The standard InChI is InChI=1S/C17H27N3O/c1-20(2)12-14-7-6-8-15(11-14)19-16(21)17(13-18)9-4-3-5-10-17/h6-8,11H,3-5,9-10,12-13,18H2,1-2H3,(H,19,21). The van der Waals surface area contributed by atoms with Crippen LogP contribution >= 0.6 is 0 Å². The van der Waals surface area contributed by atoms with Gasteiger partial charge in [-0.15, -0.1) is 0 Å². The van der Waals surface area contributed by atoms with E-state index in [1.165, 1.54) is 12.0 Å². The second kappa shape index (κ2) is 7.05. The molecule has 4 heteroatoms. The topological polar surface area (TPSA) is 58.4 Å². The Morgan fingerprint density at radius 3 is 2.62 bits per heavy atom. The number of nitrogens with two attached hydrogens (primary N) is 1. The molecule has 1 fully saturated rings. The summed E-state index contributed by atoms with van der Waals surface area (Å²) >= 11 is 0. The van der Waals surface area contributed by atoms with Crippen molar-refractivity contribution >= 4 is 11.6 Å². The fourth-order valence-corrected chi connectivity index (χ4v) is 3.13. The number of hydrogen-bond acceptors (Lipinski definition) is 3. The zero-order valence-corrected chi connectivity index (χ0v) is 13.2. The predicted octanol–water partition coefficient (Wildman–Crippen LogP) is 2.60. The Kier molecular flexibility index (Phi) is 5.37. The van der Waals surface area contributed by atoms with Gasteiger partial charge >= 0.3 is 0 Å². The van der Waals surface area contributed by atoms with Gasteiger partial charge in [0.25, 0.3) is 0 Å². The first-order chi connectivity index (χ1) is 10.1. The maximum Gasteiger partial charge on any atom is 0.231 e. The molecule has 1 aromatic rings. The first-order valence-electron chi connectivity index (χ1n) is 7.81. The third-order valence-corrected chi connectivity index (χ3v) is 4.37. The third kappa shape index (κ3) is 4.05. The molecule has 0 heterocycles. The fraction of sp³-hybridized carbons (Fsp3) is 0.588. The lowest BCUT2D eigenvalue weighted by Crippen LogP contribution is -2.43. The molecule has 1 aliphatic rings. The van der Waals surface area contributed by atoms with Crippen LogP contribution in [0.15, 0.2) is 24.3 Å². The summed E-state index contributed by atoms with van der Waals surface area (Å²) in [6.45, 7) is 1.31. The monoisotopic (exact) mass is 289 g/mol. The summed E-state index contributed by atoms with van der Waals surface area (Å²) in [5.74, 6) is 0.0895. The summed E-state index contributed by atoms with van der Waals surface area (Å²) < 4.78 is 0. The minimum absolute atomic E-state index is 0.0895. The van der Waals surface area contributed by atoms with Gasteiger partial charge in [0.05, 0.1) is 5.41 Å². The zero-order chi connectivity index (χ0) is 15.3. The summed E-state index contributed by atoms with van der Waals surface area (Å²) in [6, 6.07) is 8.06. The summed E-state index contributed by atoms with van der Waals surface area (Å²) in [4.78, 5) is 14.8. The number of anilines is 1. The first-order valence-corrected chi connectivity index (χ1v) is 7.81. The van der Waals surface area contributed by atoms with Gasteiger partial charge in [0.15, 0.2) is 0 Å². The van der Waals surface area contributed by atoms with E-state index in [1.54, 1.807) is 0 Å². The fourth-order valence-electron chi connectivity index (χ4n) is 3.13. The van der Waals surface area contributed by atoms with E-state index in [4.69, 9.17) is 5.73 Å². The van der Waals surface area contributed by atoms with E-state index in [0.717, 1.165) is 37.9 Å². The van der Waals surface area contributed by atoms with Crippen molar-refractivity contribution in [3.63, 3.8) is 0 Å². The highest BCUT2D eigenvalue weighted by Crippen LogP contribution is 2.36. The molecule has 1 aromatic carbocycles. The first kappa shape index (κ1) is 16.0. The van der Waals surface area contributed by atoms with Crippen LogP contribution in [0.1, 0.15) is 37.7 Å². The van der Waals surface area contributed by atoms with Crippen molar-refractivity contribution < 1.29 is 4.79 Å². The molecule has 1 amide bonds. The van der Waals surface area contributed by atoms with Crippen molar-refractivity contribution in [2.45, 2.75) is 38.6 Å². The molecule has 0 spiro atoms. The van der Waals surface area contributed by atoms with Crippen LogP contribution < -0.4 is 11.1 Å². The number of rotatable bonds is 5. The molecule has 116 valence electrons. The minimum atomic E-state index is -0.365. The highest BCUT2D eigenvalue weighted by molar-refractivity contribution is 5.95. The van der Waals surface area contributed by atoms with E-state index in [-0.39, 0.29) is 11.3 Å². The van der Waals surface area contributed by atoms with E-state index < -0.39 is 0 Å².